The number of guanidine groups is 1. The minimum absolute atomic E-state index is 0.108. The van der Waals surface area contributed by atoms with E-state index in [9.17, 15) is 14.9 Å². The van der Waals surface area contributed by atoms with Crippen LogP contribution in [0.2, 0.25) is 0 Å². The van der Waals surface area contributed by atoms with Crippen LogP contribution in [-0.4, -0.2) is 39.2 Å². The third-order valence-corrected chi connectivity index (χ3v) is 1.65. The number of hydrazone groups is 1. The highest BCUT2D eigenvalue weighted by molar-refractivity contribution is 6.01. The van der Waals surface area contributed by atoms with E-state index in [-0.39, 0.29) is 5.96 Å². The van der Waals surface area contributed by atoms with Gasteiger partial charge in [0.25, 0.3) is 5.96 Å². The SMILES string of the molecule is CN1C=CN2C(=N1)NC(=O)N2[N+](=O)[O-]. The van der Waals surface area contributed by atoms with Crippen LogP contribution in [0.1, 0.15) is 0 Å². The van der Waals surface area contributed by atoms with Gasteiger partial charge in [0, 0.05) is 13.2 Å². The van der Waals surface area contributed by atoms with Crippen LogP contribution in [0.25, 0.3) is 0 Å². The minimum atomic E-state index is -0.839. The second kappa shape index (κ2) is 2.58. The largest absolute Gasteiger partial charge is 0.408 e. The molecule has 0 aromatic carbocycles. The van der Waals surface area contributed by atoms with E-state index < -0.39 is 11.1 Å². The van der Waals surface area contributed by atoms with Gasteiger partial charge in [0.1, 0.15) is 0 Å². The molecule has 9 nitrogen and oxygen atoms in total. The number of nitro groups is 1. The van der Waals surface area contributed by atoms with Crippen molar-refractivity contribution in [3.63, 3.8) is 0 Å². The Kier molecular flexibility index (Phi) is 1.53. The summed E-state index contributed by atoms with van der Waals surface area (Å²) in [6.45, 7) is 0. The fraction of sp³-hybridized carbons (Fsp3) is 0.200. The Morgan fingerprint density at radius 2 is 2.29 bits per heavy atom. The fourth-order valence-corrected chi connectivity index (χ4v) is 1.09. The van der Waals surface area contributed by atoms with Gasteiger partial charge < -0.3 is 0 Å². The molecule has 0 saturated carbocycles. The molecule has 0 bridgehead atoms. The van der Waals surface area contributed by atoms with E-state index in [4.69, 9.17) is 0 Å². The zero-order valence-corrected chi connectivity index (χ0v) is 7.12. The van der Waals surface area contributed by atoms with Crippen molar-refractivity contribution in [2.45, 2.75) is 0 Å². The highest BCUT2D eigenvalue weighted by atomic mass is 16.7. The molecule has 2 heterocycles. The number of amides is 2. The lowest BCUT2D eigenvalue weighted by molar-refractivity contribution is -0.661. The van der Waals surface area contributed by atoms with Crippen molar-refractivity contribution in [3.8, 4) is 0 Å². The smallest absolute Gasteiger partial charge is 0.271 e. The van der Waals surface area contributed by atoms with Crippen molar-refractivity contribution >= 4 is 12.0 Å². The summed E-state index contributed by atoms with van der Waals surface area (Å²) in [4.78, 5) is 21.6. The number of rotatable bonds is 1. The molecule has 9 heteroatoms. The van der Waals surface area contributed by atoms with E-state index in [2.05, 4.69) is 10.4 Å². The van der Waals surface area contributed by atoms with Crippen molar-refractivity contribution in [3.05, 3.63) is 22.5 Å². The van der Waals surface area contributed by atoms with Gasteiger partial charge in [-0.1, -0.05) is 0 Å². The van der Waals surface area contributed by atoms with E-state index in [1.807, 2.05) is 0 Å². The van der Waals surface area contributed by atoms with E-state index in [0.29, 0.717) is 5.12 Å². The topological polar surface area (TPSA) is 94.3 Å². The predicted molar refractivity (Wildman–Crippen MR) is 43.5 cm³/mol. The number of carbonyl (C=O) groups is 1. The van der Waals surface area contributed by atoms with Crippen molar-refractivity contribution in [2.24, 2.45) is 5.10 Å². The van der Waals surface area contributed by atoms with E-state index in [0.717, 1.165) is 5.01 Å². The first-order valence-electron chi connectivity index (χ1n) is 3.64. The molecule has 1 N–H and O–H groups in total. The molecular formula is C5H6N6O3. The zero-order valence-electron chi connectivity index (χ0n) is 7.12. The van der Waals surface area contributed by atoms with Gasteiger partial charge in [-0.05, 0) is 0 Å². The maximum Gasteiger partial charge on any atom is 0.408 e. The van der Waals surface area contributed by atoms with Crippen LogP contribution >= 0.6 is 0 Å². The van der Waals surface area contributed by atoms with Crippen LogP contribution in [0.15, 0.2) is 17.5 Å². The molecule has 0 aromatic rings. The highest BCUT2D eigenvalue weighted by Gasteiger charge is 2.43. The highest BCUT2D eigenvalue weighted by Crippen LogP contribution is 2.12. The van der Waals surface area contributed by atoms with Crippen molar-refractivity contribution < 1.29 is 9.83 Å². The van der Waals surface area contributed by atoms with Crippen molar-refractivity contribution in [1.82, 2.24) is 20.5 Å². The molecule has 2 amide bonds. The fourth-order valence-electron chi connectivity index (χ4n) is 1.09. The molecule has 0 unspecified atom stereocenters. The Morgan fingerprint density at radius 1 is 1.57 bits per heavy atom. The number of hydrogen-bond donors (Lipinski definition) is 1. The molecule has 1 fully saturated rings. The van der Waals surface area contributed by atoms with Crippen LogP contribution in [0.4, 0.5) is 4.79 Å². The molecule has 0 aliphatic carbocycles. The van der Waals surface area contributed by atoms with Gasteiger partial charge in [-0.25, -0.2) is 14.9 Å². The van der Waals surface area contributed by atoms with E-state index in [1.165, 1.54) is 17.4 Å². The summed E-state index contributed by atoms with van der Waals surface area (Å²) >= 11 is 0. The first-order valence-corrected chi connectivity index (χ1v) is 3.64. The monoisotopic (exact) mass is 198 g/mol. The summed E-state index contributed by atoms with van der Waals surface area (Å²) in [5.74, 6) is 0.108. The number of nitrogens with zero attached hydrogens (tertiary/aromatic N) is 5. The first kappa shape index (κ1) is 8.29. The molecule has 14 heavy (non-hydrogen) atoms. The Bertz CT molecular complexity index is 362. The number of fused-ring (bicyclic) bond motifs is 1. The number of urea groups is 1. The third-order valence-electron chi connectivity index (χ3n) is 1.65. The van der Waals surface area contributed by atoms with Crippen LogP contribution in [-0.2, 0) is 0 Å². The van der Waals surface area contributed by atoms with Crippen LogP contribution in [0, 0.1) is 10.1 Å². The predicted octanol–water partition coefficient (Wildman–Crippen LogP) is -0.892. The summed E-state index contributed by atoms with van der Waals surface area (Å²) in [5, 5.41) is 18.5. The van der Waals surface area contributed by atoms with Crippen molar-refractivity contribution in [1.29, 1.82) is 0 Å². The standard InChI is InChI=1S/C5H6N6O3/c1-8-2-3-9-4(7-8)6-5(12)10(9)11(13)14/h2-3H,1H3,(H,6,7,12). The summed E-state index contributed by atoms with van der Waals surface area (Å²) in [7, 11) is 1.64. The Morgan fingerprint density at radius 3 is 2.93 bits per heavy atom. The second-order valence-electron chi connectivity index (χ2n) is 2.60. The molecule has 74 valence electrons. The first-order chi connectivity index (χ1) is 6.59. The lowest BCUT2D eigenvalue weighted by Crippen LogP contribution is -2.42. The summed E-state index contributed by atoms with van der Waals surface area (Å²) < 4.78 is 0. The molecule has 2 aliphatic rings. The Labute approximate surface area is 77.9 Å². The zero-order chi connectivity index (χ0) is 10.3. The van der Waals surface area contributed by atoms with Gasteiger partial charge >= 0.3 is 6.03 Å². The molecule has 0 aromatic heterocycles. The lowest BCUT2D eigenvalue weighted by atomic mass is 10.7. The molecule has 0 radical (unpaired) electrons. The third kappa shape index (κ3) is 1.02. The summed E-state index contributed by atoms with van der Waals surface area (Å²) in [5.41, 5.74) is 0. The van der Waals surface area contributed by atoms with E-state index >= 15 is 0 Å². The quantitative estimate of drug-likeness (QED) is 0.435. The maximum atomic E-state index is 11.1. The minimum Gasteiger partial charge on any atom is -0.271 e. The number of carbonyl (C=O) groups excluding carboxylic acids is 1. The van der Waals surface area contributed by atoms with Crippen LogP contribution < -0.4 is 5.32 Å². The number of hydrazine groups is 2. The average Bonchev–Trinajstić information content (AvgIpc) is 2.39. The molecule has 2 rings (SSSR count). The molecule has 0 spiro atoms. The van der Waals surface area contributed by atoms with Gasteiger partial charge in [0.15, 0.2) is 5.03 Å². The van der Waals surface area contributed by atoms with Gasteiger partial charge in [0.2, 0.25) is 0 Å². The van der Waals surface area contributed by atoms with Crippen molar-refractivity contribution in [2.75, 3.05) is 7.05 Å². The normalized spacial score (nSPS) is 19.4. The molecular weight excluding hydrogens is 192 g/mol. The average molecular weight is 198 g/mol. The van der Waals surface area contributed by atoms with Gasteiger partial charge in [-0.15, -0.1) is 5.10 Å². The van der Waals surface area contributed by atoms with Crippen LogP contribution in [0.3, 0.4) is 0 Å². The summed E-state index contributed by atoms with van der Waals surface area (Å²) in [6.07, 6.45) is 2.85. The second-order valence-corrected chi connectivity index (χ2v) is 2.60. The Hall–Kier alpha value is -2.32. The van der Waals surface area contributed by atoms with Crippen LogP contribution in [0.5, 0.6) is 0 Å². The van der Waals surface area contributed by atoms with Gasteiger partial charge in [-0.2, -0.15) is 5.01 Å². The summed E-state index contributed by atoms with van der Waals surface area (Å²) in [6, 6.07) is -0.839. The lowest BCUT2D eigenvalue weighted by Gasteiger charge is -2.20. The Balaban J connectivity index is 2.33. The molecule has 1 saturated heterocycles. The maximum absolute atomic E-state index is 11.1. The molecule has 2 aliphatic heterocycles. The number of hydrogen-bond acceptors (Lipinski definition) is 6. The van der Waals surface area contributed by atoms with E-state index in [1.54, 1.807) is 7.05 Å². The van der Waals surface area contributed by atoms with Gasteiger partial charge in [0.05, 0.1) is 11.3 Å². The number of nitrogens with one attached hydrogen (secondary N) is 1. The molecule has 0 atom stereocenters. The van der Waals surface area contributed by atoms with Gasteiger partial charge in [-0.3, -0.25) is 10.3 Å².